The van der Waals surface area contributed by atoms with Gasteiger partial charge in [0.25, 0.3) is 0 Å². The molecule has 19 heavy (non-hydrogen) atoms. The van der Waals surface area contributed by atoms with Crippen molar-refractivity contribution in [3.8, 4) is 0 Å². The van der Waals surface area contributed by atoms with Gasteiger partial charge in [0, 0.05) is 41.8 Å². The van der Waals surface area contributed by atoms with Crippen molar-refractivity contribution in [2.24, 2.45) is 5.73 Å². The molecule has 1 aliphatic heterocycles. The van der Waals surface area contributed by atoms with Gasteiger partial charge in [0.15, 0.2) is 0 Å². The number of nitrogens with zero attached hydrogens (tertiary/aromatic N) is 3. The van der Waals surface area contributed by atoms with Crippen molar-refractivity contribution in [3.63, 3.8) is 0 Å². The van der Waals surface area contributed by atoms with Gasteiger partial charge < -0.3 is 15.2 Å². The molecule has 0 amide bonds. The summed E-state index contributed by atoms with van der Waals surface area (Å²) in [5.74, 6) is 1.05. The second-order valence-corrected chi connectivity index (χ2v) is 5.36. The monoisotopic (exact) mass is 292 g/mol. The van der Waals surface area contributed by atoms with Crippen molar-refractivity contribution in [3.05, 3.63) is 47.0 Å². The number of hydrogen-bond donors (Lipinski definition) is 1. The molecule has 3 rings (SSSR count). The standard InChI is InChI=1S/C13H13ClN4S/c14-9-1-2-11(10(7-9)13(15)19)18-6-5-17-4-3-16-12(17)8-18/h1-4,7H,5-6,8H2,(H2,15,19). The zero-order valence-electron chi connectivity index (χ0n) is 10.2. The first-order valence-electron chi connectivity index (χ1n) is 5.99. The summed E-state index contributed by atoms with van der Waals surface area (Å²) in [6.45, 7) is 2.57. The predicted molar refractivity (Wildman–Crippen MR) is 80.6 cm³/mol. The Bertz CT molecular complexity index is 637. The van der Waals surface area contributed by atoms with Crippen molar-refractivity contribution >= 4 is 34.5 Å². The third kappa shape index (κ3) is 2.31. The van der Waals surface area contributed by atoms with Crippen LogP contribution in [0.4, 0.5) is 5.69 Å². The molecular formula is C13H13ClN4S. The SMILES string of the molecule is NC(=S)c1cc(Cl)ccc1N1CCn2ccnc2C1. The molecule has 0 fully saturated rings. The van der Waals surface area contributed by atoms with E-state index in [1.807, 2.05) is 30.6 Å². The van der Waals surface area contributed by atoms with Crippen LogP contribution in [0.2, 0.25) is 5.02 Å². The van der Waals surface area contributed by atoms with Gasteiger partial charge in [-0.3, -0.25) is 0 Å². The molecule has 0 bridgehead atoms. The lowest BCUT2D eigenvalue weighted by atomic mass is 10.1. The Kier molecular flexibility index (Phi) is 3.16. The molecule has 6 heteroatoms. The predicted octanol–water partition coefficient (Wildman–Crippen LogP) is 2.19. The number of imidazole rings is 1. The van der Waals surface area contributed by atoms with Gasteiger partial charge in [0.2, 0.25) is 0 Å². The zero-order chi connectivity index (χ0) is 13.4. The summed E-state index contributed by atoms with van der Waals surface area (Å²) in [4.78, 5) is 6.95. The van der Waals surface area contributed by atoms with Gasteiger partial charge in [-0.05, 0) is 18.2 Å². The van der Waals surface area contributed by atoms with E-state index in [0.29, 0.717) is 10.0 Å². The fourth-order valence-corrected chi connectivity index (χ4v) is 2.70. The number of hydrogen-bond acceptors (Lipinski definition) is 3. The molecule has 1 aliphatic rings. The highest BCUT2D eigenvalue weighted by atomic mass is 35.5. The number of anilines is 1. The van der Waals surface area contributed by atoms with Gasteiger partial charge in [-0.15, -0.1) is 0 Å². The van der Waals surface area contributed by atoms with E-state index in [-0.39, 0.29) is 0 Å². The number of halogens is 1. The van der Waals surface area contributed by atoms with Crippen molar-refractivity contribution in [2.45, 2.75) is 13.1 Å². The van der Waals surface area contributed by atoms with Crippen LogP contribution in [0.25, 0.3) is 0 Å². The Morgan fingerprint density at radius 2 is 2.21 bits per heavy atom. The summed E-state index contributed by atoms with van der Waals surface area (Å²) in [5.41, 5.74) is 7.63. The van der Waals surface area contributed by atoms with Gasteiger partial charge in [-0.2, -0.15) is 0 Å². The number of rotatable bonds is 2. The highest BCUT2D eigenvalue weighted by Gasteiger charge is 2.20. The Morgan fingerprint density at radius 3 is 3.00 bits per heavy atom. The van der Waals surface area contributed by atoms with E-state index in [0.717, 1.165) is 36.7 Å². The molecule has 1 aromatic carbocycles. The van der Waals surface area contributed by atoms with E-state index in [2.05, 4.69) is 14.5 Å². The van der Waals surface area contributed by atoms with E-state index in [1.165, 1.54) is 0 Å². The van der Waals surface area contributed by atoms with Crippen LogP contribution < -0.4 is 10.6 Å². The fourth-order valence-electron chi connectivity index (χ4n) is 2.36. The van der Waals surface area contributed by atoms with Crippen LogP contribution in [-0.2, 0) is 13.1 Å². The lowest BCUT2D eigenvalue weighted by Gasteiger charge is -2.31. The first-order valence-corrected chi connectivity index (χ1v) is 6.78. The molecule has 0 aliphatic carbocycles. The quantitative estimate of drug-likeness (QED) is 0.862. The Morgan fingerprint density at radius 1 is 1.37 bits per heavy atom. The summed E-state index contributed by atoms with van der Waals surface area (Å²) in [7, 11) is 0. The third-order valence-electron chi connectivity index (χ3n) is 3.31. The van der Waals surface area contributed by atoms with Crippen LogP contribution in [-0.4, -0.2) is 21.1 Å². The molecule has 1 aromatic heterocycles. The van der Waals surface area contributed by atoms with Crippen LogP contribution in [0.1, 0.15) is 11.4 Å². The van der Waals surface area contributed by atoms with E-state index in [1.54, 1.807) is 0 Å². The van der Waals surface area contributed by atoms with Crippen molar-refractivity contribution < 1.29 is 0 Å². The number of fused-ring (bicyclic) bond motifs is 1. The summed E-state index contributed by atoms with van der Waals surface area (Å²) < 4.78 is 2.16. The Hall–Kier alpha value is -1.59. The fraction of sp³-hybridized carbons (Fsp3) is 0.231. The molecule has 2 heterocycles. The van der Waals surface area contributed by atoms with Gasteiger partial charge in [-0.1, -0.05) is 23.8 Å². The highest BCUT2D eigenvalue weighted by molar-refractivity contribution is 7.80. The summed E-state index contributed by atoms with van der Waals surface area (Å²) in [5, 5.41) is 0.644. The topological polar surface area (TPSA) is 47.1 Å². The lowest BCUT2D eigenvalue weighted by Crippen LogP contribution is -2.34. The average Bonchev–Trinajstić information content (AvgIpc) is 2.85. The molecule has 4 nitrogen and oxygen atoms in total. The second kappa shape index (κ2) is 4.83. The molecule has 0 spiro atoms. The first-order chi connectivity index (χ1) is 9.15. The van der Waals surface area contributed by atoms with Crippen molar-refractivity contribution in [1.82, 2.24) is 9.55 Å². The van der Waals surface area contributed by atoms with E-state index in [4.69, 9.17) is 29.6 Å². The van der Waals surface area contributed by atoms with Crippen LogP contribution >= 0.6 is 23.8 Å². The van der Waals surface area contributed by atoms with Gasteiger partial charge in [0.1, 0.15) is 10.8 Å². The normalized spacial score (nSPS) is 14.3. The molecular weight excluding hydrogens is 280 g/mol. The minimum Gasteiger partial charge on any atom is -0.389 e. The van der Waals surface area contributed by atoms with Crippen molar-refractivity contribution in [1.29, 1.82) is 0 Å². The van der Waals surface area contributed by atoms with Gasteiger partial charge >= 0.3 is 0 Å². The first kappa shape index (κ1) is 12.4. The Balaban J connectivity index is 1.98. The van der Waals surface area contributed by atoms with Crippen LogP contribution in [0, 0.1) is 0 Å². The second-order valence-electron chi connectivity index (χ2n) is 4.48. The van der Waals surface area contributed by atoms with Crippen LogP contribution in [0.15, 0.2) is 30.6 Å². The maximum absolute atomic E-state index is 6.01. The van der Waals surface area contributed by atoms with Gasteiger partial charge in [0.05, 0.1) is 6.54 Å². The van der Waals surface area contributed by atoms with E-state index < -0.39 is 0 Å². The summed E-state index contributed by atoms with van der Waals surface area (Å²) in [6.07, 6.45) is 3.83. The molecule has 98 valence electrons. The summed E-state index contributed by atoms with van der Waals surface area (Å²) in [6, 6.07) is 5.65. The van der Waals surface area contributed by atoms with Crippen molar-refractivity contribution in [2.75, 3.05) is 11.4 Å². The minimum atomic E-state index is 0.367. The molecule has 0 saturated carbocycles. The van der Waals surface area contributed by atoms with Crippen LogP contribution in [0.5, 0.6) is 0 Å². The number of thiocarbonyl (C=S) groups is 1. The Labute approximate surface area is 121 Å². The minimum absolute atomic E-state index is 0.367. The largest absolute Gasteiger partial charge is 0.389 e. The molecule has 0 saturated heterocycles. The number of nitrogens with two attached hydrogens (primary N) is 1. The average molecular weight is 293 g/mol. The number of aromatic nitrogens is 2. The third-order valence-corrected chi connectivity index (χ3v) is 3.76. The molecule has 0 unspecified atom stereocenters. The maximum atomic E-state index is 6.01. The molecule has 2 N–H and O–H groups in total. The summed E-state index contributed by atoms with van der Waals surface area (Å²) >= 11 is 11.1. The number of benzene rings is 1. The molecule has 0 radical (unpaired) electrons. The molecule has 2 aromatic rings. The zero-order valence-corrected chi connectivity index (χ0v) is 11.8. The van der Waals surface area contributed by atoms with E-state index >= 15 is 0 Å². The van der Waals surface area contributed by atoms with Crippen LogP contribution in [0.3, 0.4) is 0 Å². The highest BCUT2D eigenvalue weighted by Crippen LogP contribution is 2.27. The molecule has 0 atom stereocenters. The van der Waals surface area contributed by atoms with E-state index in [9.17, 15) is 0 Å². The van der Waals surface area contributed by atoms with Gasteiger partial charge in [-0.25, -0.2) is 4.98 Å². The maximum Gasteiger partial charge on any atom is 0.128 e. The lowest BCUT2D eigenvalue weighted by molar-refractivity contribution is 0.560. The smallest absolute Gasteiger partial charge is 0.128 e.